The molecule has 2 nitrogen and oxygen atoms in total. The van der Waals surface area contributed by atoms with Gasteiger partial charge in [0.2, 0.25) is 0 Å². The van der Waals surface area contributed by atoms with E-state index in [9.17, 15) is 5.11 Å². The van der Waals surface area contributed by atoms with Crippen molar-refractivity contribution in [2.45, 2.75) is 63.0 Å². The van der Waals surface area contributed by atoms with E-state index in [1.54, 1.807) is 0 Å². The van der Waals surface area contributed by atoms with Gasteiger partial charge in [0.25, 0.3) is 0 Å². The fourth-order valence-corrected chi connectivity index (χ4v) is 3.56. The number of piperidine rings is 1. The molecule has 0 bridgehead atoms. The third-order valence-corrected chi connectivity index (χ3v) is 4.47. The summed E-state index contributed by atoms with van der Waals surface area (Å²) in [5.74, 6) is 0. The quantitative estimate of drug-likeness (QED) is 0.741. The molecule has 1 heterocycles. The number of aliphatic hydroxyl groups is 1. The van der Waals surface area contributed by atoms with Crippen molar-refractivity contribution in [3.8, 4) is 0 Å². The lowest BCUT2D eigenvalue weighted by Gasteiger charge is -2.46. The molecule has 1 saturated heterocycles. The average Bonchev–Trinajstić information content (AvgIpc) is 2.81. The van der Waals surface area contributed by atoms with Crippen LogP contribution in [0.3, 0.4) is 0 Å². The van der Waals surface area contributed by atoms with E-state index in [1.807, 2.05) is 6.08 Å². The van der Waals surface area contributed by atoms with E-state index in [0.717, 1.165) is 6.42 Å². The summed E-state index contributed by atoms with van der Waals surface area (Å²) in [6, 6.07) is 0. The average molecular weight is 223 g/mol. The Morgan fingerprint density at radius 1 is 1.12 bits per heavy atom. The van der Waals surface area contributed by atoms with Crippen LogP contribution in [-0.4, -0.2) is 34.7 Å². The molecule has 0 amide bonds. The lowest BCUT2D eigenvalue weighted by molar-refractivity contribution is -0.0368. The van der Waals surface area contributed by atoms with Crippen molar-refractivity contribution >= 4 is 0 Å². The minimum Gasteiger partial charge on any atom is -0.391 e. The van der Waals surface area contributed by atoms with Gasteiger partial charge in [0.05, 0.1) is 6.10 Å². The molecule has 1 N–H and O–H groups in total. The van der Waals surface area contributed by atoms with Gasteiger partial charge in [-0.05, 0) is 45.2 Å². The zero-order valence-corrected chi connectivity index (χ0v) is 10.3. The molecule has 1 saturated carbocycles. The summed E-state index contributed by atoms with van der Waals surface area (Å²) < 4.78 is 0. The van der Waals surface area contributed by atoms with Crippen molar-refractivity contribution in [3.05, 3.63) is 12.7 Å². The smallest absolute Gasteiger partial charge is 0.0758 e. The first kappa shape index (κ1) is 12.1. The molecular formula is C14H25NO. The van der Waals surface area contributed by atoms with Gasteiger partial charge in [0.15, 0.2) is 0 Å². The zero-order valence-electron chi connectivity index (χ0n) is 10.3. The van der Waals surface area contributed by atoms with Gasteiger partial charge in [-0.15, -0.1) is 6.58 Å². The van der Waals surface area contributed by atoms with Crippen molar-refractivity contribution < 1.29 is 5.11 Å². The van der Waals surface area contributed by atoms with Gasteiger partial charge < -0.3 is 5.11 Å². The fraction of sp³-hybridized carbons (Fsp3) is 0.857. The maximum atomic E-state index is 10.4. The fourth-order valence-electron chi connectivity index (χ4n) is 3.56. The van der Waals surface area contributed by atoms with E-state index < -0.39 is 0 Å². The maximum absolute atomic E-state index is 10.4. The van der Waals surface area contributed by atoms with Crippen molar-refractivity contribution in [1.82, 2.24) is 4.90 Å². The van der Waals surface area contributed by atoms with E-state index in [-0.39, 0.29) is 11.6 Å². The van der Waals surface area contributed by atoms with Crippen LogP contribution < -0.4 is 0 Å². The molecule has 16 heavy (non-hydrogen) atoms. The van der Waals surface area contributed by atoms with Crippen molar-refractivity contribution in [2.24, 2.45) is 0 Å². The highest BCUT2D eigenvalue weighted by Gasteiger charge is 2.44. The normalized spacial score (nSPS) is 27.8. The Morgan fingerprint density at radius 2 is 1.75 bits per heavy atom. The topological polar surface area (TPSA) is 23.5 Å². The largest absolute Gasteiger partial charge is 0.391 e. The Labute approximate surface area is 99.3 Å². The standard InChI is InChI=1S/C14H25NO/c1-2-8-13(16)14(9-4-5-10-14)15-11-6-3-7-12-15/h2,13,16H,1,3-12H2. The highest BCUT2D eigenvalue weighted by Crippen LogP contribution is 2.40. The predicted octanol–water partition coefficient (Wildman–Crippen LogP) is 2.72. The molecule has 2 rings (SSSR count). The predicted molar refractivity (Wildman–Crippen MR) is 67.4 cm³/mol. The van der Waals surface area contributed by atoms with Crippen LogP contribution in [0, 0.1) is 0 Å². The van der Waals surface area contributed by atoms with Crippen molar-refractivity contribution in [2.75, 3.05) is 13.1 Å². The van der Waals surface area contributed by atoms with Crippen LogP contribution in [0.25, 0.3) is 0 Å². The van der Waals surface area contributed by atoms with E-state index in [2.05, 4.69) is 11.5 Å². The summed E-state index contributed by atoms with van der Waals surface area (Å²) in [4.78, 5) is 2.58. The van der Waals surface area contributed by atoms with Crippen molar-refractivity contribution in [3.63, 3.8) is 0 Å². The Kier molecular flexibility index (Phi) is 4.04. The van der Waals surface area contributed by atoms with E-state index in [0.29, 0.717) is 0 Å². The zero-order chi connectivity index (χ0) is 11.4. The molecule has 0 aromatic heterocycles. The second kappa shape index (κ2) is 5.33. The summed E-state index contributed by atoms with van der Waals surface area (Å²) in [6.07, 6.45) is 11.3. The van der Waals surface area contributed by atoms with E-state index >= 15 is 0 Å². The highest BCUT2D eigenvalue weighted by molar-refractivity contribution is 5.02. The van der Waals surface area contributed by atoms with Gasteiger partial charge in [0, 0.05) is 5.54 Å². The van der Waals surface area contributed by atoms with Gasteiger partial charge in [-0.25, -0.2) is 0 Å². The minimum atomic E-state index is -0.203. The van der Waals surface area contributed by atoms with Crippen molar-refractivity contribution in [1.29, 1.82) is 0 Å². The van der Waals surface area contributed by atoms with Crippen LogP contribution in [-0.2, 0) is 0 Å². The van der Waals surface area contributed by atoms with E-state index in [1.165, 1.54) is 58.0 Å². The Balaban J connectivity index is 2.09. The Hall–Kier alpha value is -0.340. The number of likely N-dealkylation sites (tertiary alicyclic amines) is 1. The number of hydrogen-bond acceptors (Lipinski definition) is 2. The molecule has 1 aliphatic heterocycles. The molecule has 2 heteroatoms. The van der Waals surface area contributed by atoms with Gasteiger partial charge in [0.1, 0.15) is 0 Å². The molecule has 2 aliphatic rings. The molecule has 0 spiro atoms. The summed E-state index contributed by atoms with van der Waals surface area (Å²) in [5, 5.41) is 10.4. The van der Waals surface area contributed by atoms with Crippen LogP contribution in [0.4, 0.5) is 0 Å². The first-order chi connectivity index (χ1) is 7.79. The van der Waals surface area contributed by atoms with Crippen LogP contribution in [0.5, 0.6) is 0 Å². The maximum Gasteiger partial charge on any atom is 0.0758 e. The molecule has 92 valence electrons. The monoisotopic (exact) mass is 223 g/mol. The van der Waals surface area contributed by atoms with Crippen LogP contribution >= 0.6 is 0 Å². The van der Waals surface area contributed by atoms with Crippen LogP contribution in [0.2, 0.25) is 0 Å². The third kappa shape index (κ3) is 2.18. The minimum absolute atomic E-state index is 0.0919. The molecule has 1 unspecified atom stereocenters. The SMILES string of the molecule is C=CCC(O)C1(N2CCCCC2)CCCC1. The van der Waals surface area contributed by atoms with Gasteiger partial charge in [-0.1, -0.05) is 25.3 Å². The first-order valence-electron chi connectivity index (χ1n) is 6.83. The van der Waals surface area contributed by atoms with Gasteiger partial charge in [-0.3, -0.25) is 4.90 Å². The highest BCUT2D eigenvalue weighted by atomic mass is 16.3. The summed E-state index contributed by atoms with van der Waals surface area (Å²) in [5.41, 5.74) is 0.0919. The van der Waals surface area contributed by atoms with Crippen LogP contribution in [0.15, 0.2) is 12.7 Å². The molecular weight excluding hydrogens is 198 g/mol. The summed E-state index contributed by atoms with van der Waals surface area (Å²) in [7, 11) is 0. The van der Waals surface area contributed by atoms with Gasteiger partial charge >= 0.3 is 0 Å². The van der Waals surface area contributed by atoms with Crippen LogP contribution in [0.1, 0.15) is 51.4 Å². The molecule has 2 fully saturated rings. The Morgan fingerprint density at radius 3 is 2.31 bits per heavy atom. The summed E-state index contributed by atoms with van der Waals surface area (Å²) >= 11 is 0. The summed E-state index contributed by atoms with van der Waals surface area (Å²) in [6.45, 7) is 6.15. The number of hydrogen-bond donors (Lipinski definition) is 1. The lowest BCUT2D eigenvalue weighted by atomic mass is 9.85. The first-order valence-corrected chi connectivity index (χ1v) is 6.83. The van der Waals surface area contributed by atoms with E-state index in [4.69, 9.17) is 0 Å². The van der Waals surface area contributed by atoms with Gasteiger partial charge in [-0.2, -0.15) is 0 Å². The molecule has 1 atom stereocenters. The Bertz CT molecular complexity index is 227. The molecule has 1 aliphatic carbocycles. The molecule has 0 radical (unpaired) electrons. The molecule has 0 aromatic rings. The number of rotatable bonds is 4. The number of nitrogens with zero attached hydrogens (tertiary/aromatic N) is 1. The second-order valence-corrected chi connectivity index (χ2v) is 5.40. The second-order valence-electron chi connectivity index (χ2n) is 5.40. The third-order valence-electron chi connectivity index (χ3n) is 4.47. The lowest BCUT2D eigenvalue weighted by Crippen LogP contribution is -2.56. The number of aliphatic hydroxyl groups excluding tert-OH is 1. The molecule has 0 aromatic carbocycles.